The summed E-state index contributed by atoms with van der Waals surface area (Å²) in [4.78, 5) is 27.1. The summed E-state index contributed by atoms with van der Waals surface area (Å²) in [6.45, 7) is 1.34. The molecule has 0 spiro atoms. The molecular weight excluding hydrogens is 358 g/mol. The summed E-state index contributed by atoms with van der Waals surface area (Å²) >= 11 is 0. The number of benzene rings is 2. The predicted octanol–water partition coefficient (Wildman–Crippen LogP) is 1.73. The fraction of sp³-hybridized carbons (Fsp3) is 0.200. The first-order valence-corrected chi connectivity index (χ1v) is 8.88. The number of hydrogen-bond acceptors (Lipinski definition) is 6. The molecule has 3 aromatic rings. The zero-order valence-electron chi connectivity index (χ0n) is 15.3. The lowest BCUT2D eigenvalue weighted by Gasteiger charge is -2.16. The normalized spacial score (nSPS) is 12.5. The van der Waals surface area contributed by atoms with Crippen LogP contribution in [-0.2, 0) is 13.1 Å². The quantitative estimate of drug-likeness (QED) is 0.728. The highest BCUT2D eigenvalue weighted by Crippen LogP contribution is 2.25. The minimum atomic E-state index is -0.540. The van der Waals surface area contributed by atoms with Gasteiger partial charge in [0.15, 0.2) is 0 Å². The van der Waals surface area contributed by atoms with Crippen LogP contribution in [0.2, 0.25) is 0 Å². The fourth-order valence-electron chi connectivity index (χ4n) is 3.12. The second kappa shape index (κ2) is 7.51. The van der Waals surface area contributed by atoms with E-state index in [4.69, 9.17) is 4.74 Å². The molecule has 0 fully saturated rings. The first-order valence-electron chi connectivity index (χ1n) is 8.88. The molecule has 1 amide bonds. The molecule has 0 saturated heterocycles. The topological polar surface area (TPSA) is 89.3 Å². The zero-order valence-corrected chi connectivity index (χ0v) is 15.3. The number of para-hydroxylation sites is 1. The molecule has 1 aromatic heterocycles. The molecule has 2 aromatic carbocycles. The van der Waals surface area contributed by atoms with Crippen molar-refractivity contribution in [3.8, 4) is 5.75 Å². The van der Waals surface area contributed by atoms with Crippen molar-refractivity contribution in [2.45, 2.75) is 13.1 Å². The van der Waals surface area contributed by atoms with Crippen LogP contribution in [0.5, 0.6) is 5.75 Å². The smallest absolute Gasteiger partial charge is 0.286 e. The molecule has 1 aliphatic heterocycles. The Kier molecular flexibility index (Phi) is 4.76. The third kappa shape index (κ3) is 3.32. The molecule has 2 heterocycles. The molecular formula is C20H19N5O3. The number of amides is 1. The molecule has 1 aliphatic rings. The van der Waals surface area contributed by atoms with Gasteiger partial charge in [0.25, 0.3) is 11.5 Å². The summed E-state index contributed by atoms with van der Waals surface area (Å²) in [5.41, 5.74) is 1.18. The maximum Gasteiger partial charge on any atom is 0.286 e. The average molecular weight is 377 g/mol. The zero-order chi connectivity index (χ0) is 19.5. The van der Waals surface area contributed by atoms with Crippen LogP contribution in [0.25, 0.3) is 0 Å². The number of carbonyl (C=O) groups is 1. The second-order valence-electron chi connectivity index (χ2n) is 6.32. The maximum absolute atomic E-state index is 12.7. The highest BCUT2D eigenvalue weighted by molar-refractivity contribution is 5.91. The van der Waals surface area contributed by atoms with Crippen LogP contribution in [0.4, 0.5) is 11.6 Å². The van der Waals surface area contributed by atoms with Gasteiger partial charge in [0.1, 0.15) is 5.75 Å². The number of nitrogens with one attached hydrogen (secondary N) is 1. The van der Waals surface area contributed by atoms with Gasteiger partial charge in [0, 0.05) is 25.3 Å². The third-order valence-electron chi connectivity index (χ3n) is 4.61. The molecule has 8 nitrogen and oxygen atoms in total. The number of aromatic nitrogens is 3. The summed E-state index contributed by atoms with van der Waals surface area (Å²) in [6, 6.07) is 17.0. The van der Waals surface area contributed by atoms with Gasteiger partial charge in [-0.2, -0.15) is 0 Å². The first-order chi connectivity index (χ1) is 13.7. The molecule has 8 heteroatoms. The Balaban J connectivity index is 1.51. The van der Waals surface area contributed by atoms with Gasteiger partial charge in [-0.1, -0.05) is 30.3 Å². The molecule has 0 bridgehead atoms. The Bertz CT molecular complexity index is 1050. The van der Waals surface area contributed by atoms with Crippen LogP contribution in [0.3, 0.4) is 0 Å². The van der Waals surface area contributed by atoms with Gasteiger partial charge in [-0.25, -0.2) is 0 Å². The van der Waals surface area contributed by atoms with E-state index in [9.17, 15) is 9.59 Å². The van der Waals surface area contributed by atoms with E-state index in [-0.39, 0.29) is 12.2 Å². The molecule has 0 saturated carbocycles. The molecule has 142 valence electrons. The highest BCUT2D eigenvalue weighted by atomic mass is 16.5. The van der Waals surface area contributed by atoms with E-state index in [1.807, 2.05) is 59.5 Å². The van der Waals surface area contributed by atoms with E-state index >= 15 is 0 Å². The molecule has 0 atom stereocenters. The van der Waals surface area contributed by atoms with Crippen molar-refractivity contribution in [1.82, 2.24) is 20.1 Å². The van der Waals surface area contributed by atoms with E-state index in [0.29, 0.717) is 19.0 Å². The average Bonchev–Trinajstić information content (AvgIpc) is 3.18. The van der Waals surface area contributed by atoms with Gasteiger partial charge in [-0.3, -0.25) is 14.2 Å². The van der Waals surface area contributed by atoms with Gasteiger partial charge in [0.05, 0.1) is 7.11 Å². The van der Waals surface area contributed by atoms with E-state index in [0.717, 1.165) is 17.0 Å². The van der Waals surface area contributed by atoms with Crippen LogP contribution in [0, 0.1) is 0 Å². The van der Waals surface area contributed by atoms with Crippen LogP contribution in [-0.4, -0.2) is 34.3 Å². The van der Waals surface area contributed by atoms with Crippen molar-refractivity contribution in [2.24, 2.45) is 0 Å². The lowest BCUT2D eigenvalue weighted by atomic mass is 10.2. The summed E-state index contributed by atoms with van der Waals surface area (Å²) in [7, 11) is 1.59. The Labute approximate surface area is 161 Å². The monoisotopic (exact) mass is 377 g/mol. The maximum atomic E-state index is 12.7. The van der Waals surface area contributed by atoms with Gasteiger partial charge < -0.3 is 15.0 Å². The number of fused-ring (bicyclic) bond motifs is 1. The number of ether oxygens (including phenoxy) is 1. The minimum Gasteiger partial charge on any atom is -0.497 e. The minimum absolute atomic E-state index is 0.202. The van der Waals surface area contributed by atoms with Crippen molar-refractivity contribution in [3.63, 3.8) is 0 Å². The summed E-state index contributed by atoms with van der Waals surface area (Å²) in [5.74, 6) is 0.644. The van der Waals surface area contributed by atoms with Gasteiger partial charge in [0.2, 0.25) is 11.6 Å². The number of carbonyl (C=O) groups excluding carboxylic acids is 1. The molecule has 4 rings (SSSR count). The highest BCUT2D eigenvalue weighted by Gasteiger charge is 2.27. The van der Waals surface area contributed by atoms with Crippen molar-refractivity contribution < 1.29 is 9.53 Å². The van der Waals surface area contributed by atoms with Crippen LogP contribution in [0.15, 0.2) is 59.4 Å². The van der Waals surface area contributed by atoms with Crippen molar-refractivity contribution in [2.75, 3.05) is 18.6 Å². The standard InChI is InChI=1S/C20H19N5O3/c1-28-16-9-7-14(8-10-16)13-21-18(26)17-19(27)25-12-11-24(20(25)23-22-17)15-5-3-2-4-6-15/h2-10H,11-13H2,1H3,(H,21,26). The number of methoxy groups -OCH3 is 1. The summed E-state index contributed by atoms with van der Waals surface area (Å²) in [6.07, 6.45) is 0. The van der Waals surface area contributed by atoms with Gasteiger partial charge in [-0.15, -0.1) is 10.2 Å². The first kappa shape index (κ1) is 17.7. The van der Waals surface area contributed by atoms with Crippen molar-refractivity contribution >= 4 is 17.5 Å². The van der Waals surface area contributed by atoms with E-state index in [2.05, 4.69) is 15.5 Å². The van der Waals surface area contributed by atoms with Crippen LogP contribution >= 0.6 is 0 Å². The Morgan fingerprint density at radius 2 is 1.82 bits per heavy atom. The van der Waals surface area contributed by atoms with Crippen LogP contribution in [0.1, 0.15) is 16.1 Å². The second-order valence-corrected chi connectivity index (χ2v) is 6.32. The molecule has 28 heavy (non-hydrogen) atoms. The van der Waals surface area contributed by atoms with E-state index in [1.165, 1.54) is 4.57 Å². The van der Waals surface area contributed by atoms with Crippen molar-refractivity contribution in [3.05, 3.63) is 76.2 Å². The molecule has 0 unspecified atom stereocenters. The predicted molar refractivity (Wildman–Crippen MR) is 104 cm³/mol. The Hall–Kier alpha value is -3.68. The van der Waals surface area contributed by atoms with Crippen LogP contribution < -0.4 is 20.5 Å². The van der Waals surface area contributed by atoms with Gasteiger partial charge >= 0.3 is 0 Å². The summed E-state index contributed by atoms with van der Waals surface area (Å²) < 4.78 is 6.60. The summed E-state index contributed by atoms with van der Waals surface area (Å²) in [5, 5.41) is 10.8. The Morgan fingerprint density at radius 1 is 1.07 bits per heavy atom. The molecule has 0 radical (unpaired) electrons. The SMILES string of the molecule is COc1ccc(CNC(=O)c2nnc3n(c2=O)CCN3c2ccccc2)cc1. The lowest BCUT2D eigenvalue weighted by molar-refractivity contribution is 0.0942. The van der Waals surface area contributed by atoms with Gasteiger partial charge in [-0.05, 0) is 29.8 Å². The number of hydrogen-bond donors (Lipinski definition) is 1. The third-order valence-corrected chi connectivity index (χ3v) is 4.61. The van der Waals surface area contributed by atoms with E-state index < -0.39 is 11.5 Å². The fourth-order valence-corrected chi connectivity index (χ4v) is 3.12. The number of rotatable bonds is 5. The Morgan fingerprint density at radius 3 is 2.54 bits per heavy atom. The molecule has 1 N–H and O–H groups in total. The van der Waals surface area contributed by atoms with E-state index in [1.54, 1.807) is 7.11 Å². The largest absolute Gasteiger partial charge is 0.497 e. The van der Waals surface area contributed by atoms with Crippen molar-refractivity contribution in [1.29, 1.82) is 0 Å². The number of nitrogens with zero attached hydrogens (tertiary/aromatic N) is 4. The number of anilines is 2. The lowest BCUT2D eigenvalue weighted by Crippen LogP contribution is -2.34. The molecule has 0 aliphatic carbocycles.